The number of pyridine rings is 1. The van der Waals surface area contributed by atoms with Crippen LogP contribution in [-0.4, -0.2) is 10.1 Å². The Hall–Kier alpha value is -0.480. The minimum Gasteiger partial charge on any atom is -0.392 e. The Labute approximate surface area is 65.8 Å². The van der Waals surface area contributed by atoms with Crippen LogP contribution in [0.3, 0.4) is 0 Å². The number of aromatic nitrogens is 1. The van der Waals surface area contributed by atoms with E-state index in [4.69, 9.17) is 5.11 Å². The van der Waals surface area contributed by atoms with Crippen molar-refractivity contribution < 1.29 is 9.50 Å². The van der Waals surface area contributed by atoms with Gasteiger partial charge in [0.1, 0.15) is 4.60 Å². The van der Waals surface area contributed by atoms with Crippen LogP contribution in [0.15, 0.2) is 16.9 Å². The van der Waals surface area contributed by atoms with Crippen molar-refractivity contribution in [3.63, 3.8) is 0 Å². The SMILES string of the molecule is OCc1cnc(Br)c(F)c1. The van der Waals surface area contributed by atoms with E-state index in [0.717, 1.165) is 0 Å². The maximum absolute atomic E-state index is 12.5. The molecular weight excluding hydrogens is 201 g/mol. The molecule has 0 fully saturated rings. The molecule has 1 aromatic rings. The summed E-state index contributed by atoms with van der Waals surface area (Å²) in [5.74, 6) is -0.452. The molecule has 0 saturated carbocycles. The normalized spacial score (nSPS) is 9.90. The summed E-state index contributed by atoms with van der Waals surface area (Å²) < 4.78 is 12.7. The van der Waals surface area contributed by atoms with Crippen LogP contribution in [-0.2, 0) is 6.61 Å². The smallest absolute Gasteiger partial charge is 0.156 e. The molecular formula is C6H5BrFNO. The van der Waals surface area contributed by atoms with Crippen LogP contribution in [0.2, 0.25) is 0 Å². The Kier molecular flexibility index (Phi) is 2.34. The molecule has 0 aliphatic carbocycles. The molecule has 4 heteroatoms. The first kappa shape index (κ1) is 7.63. The molecule has 0 amide bonds. The molecule has 0 spiro atoms. The van der Waals surface area contributed by atoms with Crippen LogP contribution in [0.5, 0.6) is 0 Å². The van der Waals surface area contributed by atoms with Crippen molar-refractivity contribution in [3.8, 4) is 0 Å². The van der Waals surface area contributed by atoms with Gasteiger partial charge < -0.3 is 5.11 Å². The molecule has 1 rings (SSSR count). The molecule has 0 aliphatic rings. The summed E-state index contributed by atoms with van der Waals surface area (Å²) in [5.41, 5.74) is 0.473. The highest BCUT2D eigenvalue weighted by molar-refractivity contribution is 9.10. The minimum absolute atomic E-state index is 0.171. The third-order valence-electron chi connectivity index (χ3n) is 1.04. The Morgan fingerprint density at radius 1 is 1.70 bits per heavy atom. The standard InChI is InChI=1S/C6H5BrFNO/c7-6-5(8)1-4(3-10)2-9-6/h1-2,10H,3H2. The average Bonchev–Trinajstić information content (AvgIpc) is 1.95. The van der Waals surface area contributed by atoms with Crippen molar-refractivity contribution in [3.05, 3.63) is 28.2 Å². The molecule has 0 saturated heterocycles. The maximum atomic E-state index is 12.5. The predicted octanol–water partition coefficient (Wildman–Crippen LogP) is 1.48. The van der Waals surface area contributed by atoms with Gasteiger partial charge in [0.15, 0.2) is 5.82 Å². The average molecular weight is 206 g/mol. The molecule has 0 aromatic carbocycles. The first-order valence-electron chi connectivity index (χ1n) is 2.65. The zero-order valence-corrected chi connectivity index (χ0v) is 6.60. The lowest BCUT2D eigenvalue weighted by Gasteiger charge is -1.95. The first-order valence-corrected chi connectivity index (χ1v) is 3.44. The van der Waals surface area contributed by atoms with Gasteiger partial charge in [0, 0.05) is 6.20 Å². The molecule has 10 heavy (non-hydrogen) atoms. The van der Waals surface area contributed by atoms with Gasteiger partial charge in [-0.2, -0.15) is 0 Å². The minimum atomic E-state index is -0.452. The fourth-order valence-electron chi connectivity index (χ4n) is 0.547. The lowest BCUT2D eigenvalue weighted by Crippen LogP contribution is -1.88. The van der Waals surface area contributed by atoms with Crippen LogP contribution in [0, 0.1) is 5.82 Å². The molecule has 0 bridgehead atoms. The van der Waals surface area contributed by atoms with Gasteiger partial charge in [-0.05, 0) is 27.6 Å². The van der Waals surface area contributed by atoms with Crippen molar-refractivity contribution in [2.24, 2.45) is 0 Å². The van der Waals surface area contributed by atoms with E-state index < -0.39 is 5.82 Å². The van der Waals surface area contributed by atoms with Gasteiger partial charge in [-0.15, -0.1) is 0 Å². The van der Waals surface area contributed by atoms with Crippen molar-refractivity contribution in [2.45, 2.75) is 6.61 Å². The number of rotatable bonds is 1. The lowest BCUT2D eigenvalue weighted by molar-refractivity contribution is 0.280. The Morgan fingerprint density at radius 2 is 2.40 bits per heavy atom. The van der Waals surface area contributed by atoms with Crippen LogP contribution in [0.1, 0.15) is 5.56 Å². The first-order chi connectivity index (χ1) is 4.74. The largest absolute Gasteiger partial charge is 0.392 e. The Bertz CT molecular complexity index is 241. The zero-order valence-electron chi connectivity index (χ0n) is 5.01. The van der Waals surface area contributed by atoms with Crippen LogP contribution in [0.4, 0.5) is 4.39 Å². The van der Waals surface area contributed by atoms with E-state index in [1.165, 1.54) is 12.3 Å². The van der Waals surface area contributed by atoms with E-state index in [2.05, 4.69) is 20.9 Å². The molecule has 0 radical (unpaired) electrons. The zero-order chi connectivity index (χ0) is 7.56. The van der Waals surface area contributed by atoms with Crippen molar-refractivity contribution in [1.82, 2.24) is 4.98 Å². The molecule has 54 valence electrons. The van der Waals surface area contributed by atoms with E-state index in [0.29, 0.717) is 5.56 Å². The van der Waals surface area contributed by atoms with Gasteiger partial charge >= 0.3 is 0 Å². The fourth-order valence-corrected chi connectivity index (χ4v) is 0.764. The Morgan fingerprint density at radius 3 is 2.90 bits per heavy atom. The van der Waals surface area contributed by atoms with Crippen molar-refractivity contribution in [1.29, 1.82) is 0 Å². The summed E-state index contributed by atoms with van der Waals surface area (Å²) in [7, 11) is 0. The van der Waals surface area contributed by atoms with Crippen molar-refractivity contribution in [2.75, 3.05) is 0 Å². The third kappa shape index (κ3) is 1.52. The second-order valence-electron chi connectivity index (χ2n) is 1.77. The van der Waals surface area contributed by atoms with Gasteiger partial charge in [-0.1, -0.05) is 0 Å². The van der Waals surface area contributed by atoms with Crippen LogP contribution in [0.25, 0.3) is 0 Å². The second-order valence-corrected chi connectivity index (χ2v) is 2.53. The van der Waals surface area contributed by atoms with Gasteiger partial charge in [0.05, 0.1) is 6.61 Å². The summed E-state index contributed by atoms with van der Waals surface area (Å²) in [6.07, 6.45) is 1.41. The highest BCUT2D eigenvalue weighted by atomic mass is 79.9. The van der Waals surface area contributed by atoms with Gasteiger partial charge in [-0.25, -0.2) is 9.37 Å². The quantitative estimate of drug-likeness (QED) is 0.705. The number of aliphatic hydroxyl groups is 1. The number of nitrogens with zero attached hydrogens (tertiary/aromatic N) is 1. The van der Waals surface area contributed by atoms with E-state index in [-0.39, 0.29) is 11.2 Å². The Balaban J connectivity index is 3.04. The monoisotopic (exact) mass is 205 g/mol. The number of hydrogen-bond donors (Lipinski definition) is 1. The van der Waals surface area contributed by atoms with Crippen LogP contribution < -0.4 is 0 Å². The summed E-state index contributed by atoms with van der Waals surface area (Å²) in [6, 6.07) is 1.23. The molecule has 0 unspecified atom stereocenters. The van der Waals surface area contributed by atoms with E-state index >= 15 is 0 Å². The molecule has 0 aliphatic heterocycles. The number of hydrogen-bond acceptors (Lipinski definition) is 2. The van der Waals surface area contributed by atoms with Gasteiger partial charge in [-0.3, -0.25) is 0 Å². The second kappa shape index (κ2) is 3.07. The number of aliphatic hydroxyl groups excluding tert-OH is 1. The summed E-state index contributed by atoms with van der Waals surface area (Å²) in [4.78, 5) is 3.63. The predicted molar refractivity (Wildman–Crippen MR) is 37.8 cm³/mol. The summed E-state index contributed by atoms with van der Waals surface area (Å²) >= 11 is 2.89. The van der Waals surface area contributed by atoms with E-state index in [9.17, 15) is 4.39 Å². The van der Waals surface area contributed by atoms with Gasteiger partial charge in [0.25, 0.3) is 0 Å². The molecule has 1 heterocycles. The summed E-state index contributed by atoms with van der Waals surface area (Å²) in [6.45, 7) is -0.183. The van der Waals surface area contributed by atoms with Crippen LogP contribution >= 0.6 is 15.9 Å². The fraction of sp³-hybridized carbons (Fsp3) is 0.167. The van der Waals surface area contributed by atoms with E-state index in [1.54, 1.807) is 0 Å². The lowest BCUT2D eigenvalue weighted by atomic mass is 10.3. The van der Waals surface area contributed by atoms with Gasteiger partial charge in [0.2, 0.25) is 0 Å². The topological polar surface area (TPSA) is 33.1 Å². The maximum Gasteiger partial charge on any atom is 0.156 e. The third-order valence-corrected chi connectivity index (χ3v) is 1.62. The highest BCUT2D eigenvalue weighted by Gasteiger charge is 1.99. The molecule has 1 N–H and O–H groups in total. The summed E-state index contributed by atoms with van der Waals surface area (Å²) in [5, 5.41) is 8.53. The molecule has 2 nitrogen and oxygen atoms in total. The highest BCUT2D eigenvalue weighted by Crippen LogP contribution is 2.12. The molecule has 1 aromatic heterocycles. The molecule has 0 atom stereocenters. The van der Waals surface area contributed by atoms with Crippen molar-refractivity contribution >= 4 is 15.9 Å². The number of halogens is 2. The van der Waals surface area contributed by atoms with E-state index in [1.807, 2.05) is 0 Å².